The fourth-order valence-electron chi connectivity index (χ4n) is 4.70. The number of unbranched alkanes of at least 4 members (excludes halogenated alkanes) is 8. The summed E-state index contributed by atoms with van der Waals surface area (Å²) in [6, 6.07) is 14.4. The van der Waals surface area contributed by atoms with Crippen molar-refractivity contribution in [3.8, 4) is 0 Å². The average Bonchev–Trinajstić information content (AvgIpc) is 2.63. The van der Waals surface area contributed by atoms with E-state index in [1.807, 2.05) is 0 Å². The smallest absolute Gasteiger partial charge is 0.0235 e. The summed E-state index contributed by atoms with van der Waals surface area (Å²) in [6.45, 7) is 0. The first-order valence-corrected chi connectivity index (χ1v) is 11.6. The van der Waals surface area contributed by atoms with E-state index in [-0.39, 0.29) is 0 Å². The first-order chi connectivity index (χ1) is 13.4. The third-order valence-corrected chi connectivity index (χ3v) is 6.80. The molecule has 0 heteroatoms. The molecule has 0 heterocycles. The predicted octanol–water partition coefficient (Wildman–Crippen LogP) is 7.18. The fourth-order valence-corrected chi connectivity index (χ4v) is 4.70. The molecule has 0 fully saturated rings. The van der Waals surface area contributed by atoms with E-state index in [9.17, 15) is 0 Å². The highest BCUT2D eigenvalue weighted by molar-refractivity contribution is 5.39. The van der Waals surface area contributed by atoms with Crippen molar-refractivity contribution < 1.29 is 0 Å². The van der Waals surface area contributed by atoms with Gasteiger partial charge in [-0.25, -0.2) is 0 Å². The first kappa shape index (κ1) is 18.8. The number of fused-ring (bicyclic) bond motifs is 2. The summed E-state index contributed by atoms with van der Waals surface area (Å²) >= 11 is 0. The van der Waals surface area contributed by atoms with Crippen LogP contribution in [0.2, 0.25) is 0 Å². The van der Waals surface area contributed by atoms with Gasteiger partial charge in [-0.15, -0.1) is 0 Å². The lowest BCUT2D eigenvalue weighted by atomic mass is 9.86. The van der Waals surface area contributed by atoms with Gasteiger partial charge in [0.05, 0.1) is 0 Å². The molecule has 0 aromatic heterocycles. The van der Waals surface area contributed by atoms with Crippen LogP contribution in [-0.4, -0.2) is 0 Å². The van der Waals surface area contributed by atoms with E-state index < -0.39 is 0 Å². The number of hydrogen-bond donors (Lipinski definition) is 0. The lowest BCUT2D eigenvalue weighted by Crippen LogP contribution is -2.08. The van der Waals surface area contributed by atoms with E-state index in [1.54, 1.807) is 33.4 Å². The minimum atomic E-state index is 1.29. The Morgan fingerprint density at radius 3 is 1.11 bits per heavy atom. The molecule has 0 nitrogen and oxygen atoms in total. The van der Waals surface area contributed by atoms with Gasteiger partial charge in [0, 0.05) is 0 Å². The number of rotatable bonds is 12. The second kappa shape index (κ2) is 9.58. The molecule has 0 aliphatic heterocycles. The van der Waals surface area contributed by atoms with Gasteiger partial charge in [0.25, 0.3) is 0 Å². The SMILES string of the molecule is c1cc2c(cc1CCCCCCCCCCCc1ccc3c(c1)CC3)CC2. The molecule has 0 spiro atoms. The zero-order chi connectivity index (χ0) is 18.3. The van der Waals surface area contributed by atoms with Crippen molar-refractivity contribution in [1.29, 1.82) is 0 Å². The normalized spacial score (nSPS) is 14.2. The van der Waals surface area contributed by atoms with Gasteiger partial charge in [0.1, 0.15) is 0 Å². The van der Waals surface area contributed by atoms with E-state index in [1.165, 1.54) is 96.3 Å². The van der Waals surface area contributed by atoms with Gasteiger partial charge in [-0.3, -0.25) is 0 Å². The maximum absolute atomic E-state index is 2.46. The molecule has 2 aliphatic rings. The first-order valence-electron chi connectivity index (χ1n) is 11.6. The van der Waals surface area contributed by atoms with Gasteiger partial charge < -0.3 is 0 Å². The van der Waals surface area contributed by atoms with Crippen molar-refractivity contribution in [3.63, 3.8) is 0 Å². The topological polar surface area (TPSA) is 0 Å². The fraction of sp³-hybridized carbons (Fsp3) is 0.556. The number of hydrogen-bond acceptors (Lipinski definition) is 0. The number of aryl methyl sites for hydroxylation is 6. The van der Waals surface area contributed by atoms with Crippen LogP contribution in [0.3, 0.4) is 0 Å². The molecule has 2 aliphatic carbocycles. The minimum absolute atomic E-state index is 1.29. The molecule has 0 atom stereocenters. The Morgan fingerprint density at radius 1 is 0.407 bits per heavy atom. The maximum atomic E-state index is 2.46. The van der Waals surface area contributed by atoms with Crippen LogP contribution in [0, 0.1) is 0 Å². The van der Waals surface area contributed by atoms with Gasteiger partial charge in [-0.2, -0.15) is 0 Å². The van der Waals surface area contributed by atoms with Crippen LogP contribution in [0.15, 0.2) is 36.4 Å². The summed E-state index contributed by atoms with van der Waals surface area (Å²) in [5, 5.41) is 0. The van der Waals surface area contributed by atoms with Crippen LogP contribution in [0.5, 0.6) is 0 Å². The standard InChI is InChI=1S/C27H36/c1(2-4-6-8-10-22-12-14-24-16-18-26(24)20-22)3-5-7-9-11-23-13-15-25-17-19-27(25)21-23/h12-15,20-21H,1-11,16-19H2. The minimum Gasteiger partial charge on any atom is -0.0588 e. The molecule has 0 saturated carbocycles. The highest BCUT2D eigenvalue weighted by Gasteiger charge is 2.13. The average molecular weight is 361 g/mol. The zero-order valence-electron chi connectivity index (χ0n) is 17.1. The third kappa shape index (κ3) is 5.24. The molecule has 27 heavy (non-hydrogen) atoms. The highest BCUT2D eigenvalue weighted by atomic mass is 14.2. The molecule has 4 rings (SSSR count). The van der Waals surface area contributed by atoms with Gasteiger partial charge >= 0.3 is 0 Å². The van der Waals surface area contributed by atoms with Crippen molar-refractivity contribution >= 4 is 0 Å². The Morgan fingerprint density at radius 2 is 0.778 bits per heavy atom. The Hall–Kier alpha value is -1.56. The molecular weight excluding hydrogens is 324 g/mol. The summed E-state index contributed by atoms with van der Waals surface area (Å²) in [5.41, 5.74) is 9.56. The van der Waals surface area contributed by atoms with E-state index in [2.05, 4.69) is 36.4 Å². The van der Waals surface area contributed by atoms with Crippen LogP contribution in [0.25, 0.3) is 0 Å². The van der Waals surface area contributed by atoms with Crippen LogP contribution in [0.4, 0.5) is 0 Å². The lowest BCUT2D eigenvalue weighted by Gasteiger charge is -2.19. The van der Waals surface area contributed by atoms with Crippen LogP contribution in [-0.2, 0) is 38.5 Å². The van der Waals surface area contributed by atoms with Crippen molar-refractivity contribution in [2.45, 2.75) is 96.3 Å². The van der Waals surface area contributed by atoms with Crippen molar-refractivity contribution in [2.75, 3.05) is 0 Å². The van der Waals surface area contributed by atoms with Crippen molar-refractivity contribution in [1.82, 2.24) is 0 Å². The monoisotopic (exact) mass is 360 g/mol. The van der Waals surface area contributed by atoms with E-state index >= 15 is 0 Å². The van der Waals surface area contributed by atoms with Crippen LogP contribution in [0.1, 0.15) is 91.2 Å². The zero-order valence-corrected chi connectivity index (χ0v) is 17.1. The van der Waals surface area contributed by atoms with Gasteiger partial charge in [-0.1, -0.05) is 81.3 Å². The predicted molar refractivity (Wildman–Crippen MR) is 117 cm³/mol. The van der Waals surface area contributed by atoms with Crippen LogP contribution < -0.4 is 0 Å². The van der Waals surface area contributed by atoms with Gasteiger partial charge in [0.2, 0.25) is 0 Å². The summed E-state index contributed by atoms with van der Waals surface area (Å²) in [6.07, 6.45) is 20.6. The molecule has 0 N–H and O–H groups in total. The summed E-state index contributed by atoms with van der Waals surface area (Å²) in [4.78, 5) is 0. The maximum Gasteiger partial charge on any atom is -0.0235 e. The molecular formula is C27H36. The van der Waals surface area contributed by atoms with E-state index in [0.717, 1.165) is 0 Å². The number of benzene rings is 2. The summed E-state index contributed by atoms with van der Waals surface area (Å²) < 4.78 is 0. The lowest BCUT2D eigenvalue weighted by molar-refractivity contribution is 0.558. The second-order valence-corrected chi connectivity index (χ2v) is 8.89. The van der Waals surface area contributed by atoms with Gasteiger partial charge in [-0.05, 0) is 84.7 Å². The van der Waals surface area contributed by atoms with Crippen molar-refractivity contribution in [2.24, 2.45) is 0 Å². The molecule has 0 radical (unpaired) electrons. The summed E-state index contributed by atoms with van der Waals surface area (Å²) in [7, 11) is 0. The molecule has 0 amide bonds. The Bertz CT molecular complexity index is 676. The molecule has 0 saturated heterocycles. The molecule has 0 unspecified atom stereocenters. The molecule has 2 aromatic carbocycles. The molecule has 144 valence electrons. The molecule has 2 aromatic rings. The van der Waals surface area contributed by atoms with E-state index in [4.69, 9.17) is 0 Å². The van der Waals surface area contributed by atoms with Crippen LogP contribution >= 0.6 is 0 Å². The third-order valence-electron chi connectivity index (χ3n) is 6.80. The Balaban J connectivity index is 0.964. The highest BCUT2D eigenvalue weighted by Crippen LogP contribution is 2.25. The molecule has 0 bridgehead atoms. The van der Waals surface area contributed by atoms with E-state index in [0.29, 0.717) is 0 Å². The van der Waals surface area contributed by atoms with Gasteiger partial charge in [0.15, 0.2) is 0 Å². The Labute approximate surface area is 166 Å². The van der Waals surface area contributed by atoms with Crippen molar-refractivity contribution in [3.05, 3.63) is 69.8 Å². The largest absolute Gasteiger partial charge is 0.0588 e. The second-order valence-electron chi connectivity index (χ2n) is 8.89. The quantitative estimate of drug-likeness (QED) is 0.352. The summed E-state index contributed by atoms with van der Waals surface area (Å²) in [5.74, 6) is 0. The Kier molecular flexibility index (Phi) is 6.67.